The number of fused-ring (bicyclic) bond motifs is 1. The first kappa shape index (κ1) is 39.0. The second kappa shape index (κ2) is 17.0. The fraction of sp³-hybridized carbons (Fsp3) is 0.571. The van der Waals surface area contributed by atoms with E-state index < -0.39 is 47.2 Å². The van der Waals surface area contributed by atoms with Crippen LogP contribution in [0, 0.1) is 0 Å². The molecular formula is C35H50N4O10S. The molecule has 2 unspecified atom stereocenters. The number of methoxy groups -OCH3 is 1. The predicted octanol–water partition coefficient (Wildman–Crippen LogP) is 5.52. The lowest BCUT2D eigenvalue weighted by atomic mass is 10.1. The number of anilines is 1. The van der Waals surface area contributed by atoms with Gasteiger partial charge in [-0.15, -0.1) is 0 Å². The zero-order valence-electron chi connectivity index (χ0n) is 29.9. The van der Waals surface area contributed by atoms with Crippen molar-refractivity contribution >= 4 is 39.9 Å². The minimum Gasteiger partial charge on any atom is -0.492 e. The van der Waals surface area contributed by atoms with Crippen LogP contribution < -0.4 is 9.04 Å². The number of hydrogen-bond donors (Lipinski definition) is 2. The van der Waals surface area contributed by atoms with Crippen LogP contribution in [-0.2, 0) is 41.6 Å². The van der Waals surface area contributed by atoms with Crippen LogP contribution in [0.5, 0.6) is 5.75 Å². The van der Waals surface area contributed by atoms with Crippen LogP contribution in [0.2, 0.25) is 0 Å². The van der Waals surface area contributed by atoms with E-state index in [1.165, 1.54) is 17.0 Å². The standard InChI is InChI=1S/C35H50N4O10S/c1-34(2,3)48-32(41)22-38(50(43)44)25-12-10-11-24(19-25)30(40)21-37(33(42)49-35(4,5)6)16-18-46-26-14-15-27-28(23-45-7)36-39(29(27)20-26)31-13-8-9-17-47-31/h10-12,14-15,19-20,30-31,40H,8-9,13,16-18,21-23H2,1-7H3,(H,43,44)/t30?,31-/m1/s1. The van der Waals surface area contributed by atoms with Gasteiger partial charge in [0.25, 0.3) is 11.3 Å². The molecule has 1 fully saturated rings. The maximum absolute atomic E-state index is 13.3. The normalized spacial score (nSPS) is 16.5. The van der Waals surface area contributed by atoms with E-state index in [1.807, 2.05) is 22.9 Å². The van der Waals surface area contributed by atoms with Gasteiger partial charge in [-0.2, -0.15) is 5.10 Å². The van der Waals surface area contributed by atoms with Crippen LogP contribution >= 0.6 is 0 Å². The van der Waals surface area contributed by atoms with E-state index in [2.05, 4.69) is 0 Å². The van der Waals surface area contributed by atoms with Crippen molar-refractivity contribution in [2.45, 2.75) is 90.9 Å². The van der Waals surface area contributed by atoms with E-state index in [0.717, 1.165) is 40.2 Å². The number of carbonyl (C=O) groups is 2. The second-order valence-corrected chi connectivity index (χ2v) is 15.0. The number of esters is 1. The Morgan fingerprint density at radius 2 is 1.82 bits per heavy atom. The Morgan fingerprint density at radius 1 is 1.08 bits per heavy atom. The molecule has 15 heteroatoms. The molecule has 0 bridgehead atoms. The number of nitrogens with zero attached hydrogens (tertiary/aromatic N) is 4. The van der Waals surface area contributed by atoms with Gasteiger partial charge < -0.3 is 33.7 Å². The Labute approximate surface area is 296 Å². The molecule has 14 nitrogen and oxygen atoms in total. The van der Waals surface area contributed by atoms with E-state index in [9.17, 15) is 23.5 Å². The zero-order chi connectivity index (χ0) is 36.6. The first-order valence-electron chi connectivity index (χ1n) is 16.7. The van der Waals surface area contributed by atoms with Crippen LogP contribution in [0.3, 0.4) is 0 Å². The molecule has 1 aromatic heterocycles. The molecule has 0 spiro atoms. The van der Waals surface area contributed by atoms with Gasteiger partial charge in [-0.1, -0.05) is 12.1 Å². The molecule has 1 saturated heterocycles. The second-order valence-electron chi connectivity index (χ2n) is 14.1. The van der Waals surface area contributed by atoms with Crippen molar-refractivity contribution in [3.63, 3.8) is 0 Å². The topological polar surface area (TPSA) is 162 Å². The van der Waals surface area contributed by atoms with Gasteiger partial charge in [0.05, 0.1) is 42.7 Å². The smallest absolute Gasteiger partial charge is 0.410 e. The maximum atomic E-state index is 13.3. The average molecular weight is 719 g/mol. The quantitative estimate of drug-likeness (QED) is 0.160. The van der Waals surface area contributed by atoms with Crippen molar-refractivity contribution in [1.82, 2.24) is 14.7 Å². The molecule has 0 saturated carbocycles. The van der Waals surface area contributed by atoms with Crippen molar-refractivity contribution in [2.75, 3.05) is 44.3 Å². The summed E-state index contributed by atoms with van der Waals surface area (Å²) in [5, 5.41) is 17.0. The molecule has 2 heterocycles. The van der Waals surface area contributed by atoms with Gasteiger partial charge in [-0.05, 0) is 90.6 Å². The highest BCUT2D eigenvalue weighted by Crippen LogP contribution is 2.31. The van der Waals surface area contributed by atoms with Crippen LogP contribution in [-0.4, -0.2) is 91.8 Å². The van der Waals surface area contributed by atoms with E-state index >= 15 is 0 Å². The molecule has 1 aliphatic heterocycles. The van der Waals surface area contributed by atoms with Crippen molar-refractivity contribution in [3.05, 3.63) is 53.7 Å². The number of aromatic nitrogens is 2. The Kier molecular flexibility index (Phi) is 13.2. The maximum Gasteiger partial charge on any atom is 0.410 e. The monoisotopic (exact) mass is 718 g/mol. The van der Waals surface area contributed by atoms with Gasteiger partial charge in [0.2, 0.25) is 0 Å². The van der Waals surface area contributed by atoms with E-state index in [0.29, 0.717) is 24.5 Å². The molecule has 1 aliphatic rings. The first-order valence-corrected chi connectivity index (χ1v) is 17.7. The molecule has 3 aromatic rings. The molecule has 50 heavy (non-hydrogen) atoms. The number of hydrogen-bond acceptors (Lipinski definition) is 10. The molecule has 0 radical (unpaired) electrons. The van der Waals surface area contributed by atoms with Crippen molar-refractivity contribution < 1.29 is 47.1 Å². The van der Waals surface area contributed by atoms with Gasteiger partial charge >= 0.3 is 12.1 Å². The van der Waals surface area contributed by atoms with Gasteiger partial charge in [0.1, 0.15) is 30.1 Å². The lowest BCUT2D eigenvalue weighted by Gasteiger charge is -2.29. The number of rotatable bonds is 14. The fourth-order valence-electron chi connectivity index (χ4n) is 5.44. The first-order chi connectivity index (χ1) is 23.5. The summed E-state index contributed by atoms with van der Waals surface area (Å²) < 4.78 is 53.4. The van der Waals surface area contributed by atoms with Gasteiger partial charge in [-0.3, -0.25) is 13.7 Å². The van der Waals surface area contributed by atoms with Crippen molar-refractivity contribution in [3.8, 4) is 5.75 Å². The highest BCUT2D eigenvalue weighted by Gasteiger charge is 2.27. The predicted molar refractivity (Wildman–Crippen MR) is 188 cm³/mol. The summed E-state index contributed by atoms with van der Waals surface area (Å²) in [5.41, 5.74) is 0.647. The summed E-state index contributed by atoms with van der Waals surface area (Å²) in [4.78, 5) is 27.1. The Bertz CT molecular complexity index is 1630. The number of amides is 1. The van der Waals surface area contributed by atoms with Gasteiger partial charge in [0, 0.05) is 25.2 Å². The number of aliphatic hydroxyl groups excluding tert-OH is 1. The Balaban J connectivity index is 1.50. The number of ether oxygens (including phenoxy) is 5. The molecule has 2 N–H and O–H groups in total. The minimum absolute atomic E-state index is 0.0784. The largest absolute Gasteiger partial charge is 0.492 e. The Morgan fingerprint density at radius 3 is 2.46 bits per heavy atom. The average Bonchev–Trinajstić information content (AvgIpc) is 3.39. The van der Waals surface area contributed by atoms with E-state index in [4.69, 9.17) is 28.8 Å². The number of carbonyl (C=O) groups excluding carboxylic acids is 2. The third-order valence-electron chi connectivity index (χ3n) is 7.56. The molecule has 1 amide bonds. The molecule has 2 aromatic carbocycles. The summed E-state index contributed by atoms with van der Waals surface area (Å²) in [5.74, 6) is -0.124. The molecule has 3 atom stereocenters. The number of benzene rings is 2. The van der Waals surface area contributed by atoms with E-state index in [-0.39, 0.29) is 31.6 Å². The molecular weight excluding hydrogens is 668 g/mol. The lowest BCUT2D eigenvalue weighted by Crippen LogP contribution is -2.41. The summed E-state index contributed by atoms with van der Waals surface area (Å²) >= 11 is -2.56. The lowest BCUT2D eigenvalue weighted by molar-refractivity contribution is -0.152. The third kappa shape index (κ3) is 11.1. The Hall–Kier alpha value is -3.76. The van der Waals surface area contributed by atoms with Crippen LogP contribution in [0.15, 0.2) is 42.5 Å². The summed E-state index contributed by atoms with van der Waals surface area (Å²) in [7, 11) is 1.63. The molecule has 0 aliphatic carbocycles. The minimum atomic E-state index is -2.56. The molecule has 276 valence electrons. The van der Waals surface area contributed by atoms with Crippen molar-refractivity contribution in [2.24, 2.45) is 0 Å². The SMILES string of the molecule is COCc1nn([C@H]2CCCCO2)c2cc(OCCN(CC(O)c3cccc(N(CC(=O)OC(C)(C)C)S(=O)O)c3)C(=O)OC(C)(C)C)ccc12. The van der Waals surface area contributed by atoms with Crippen LogP contribution in [0.1, 0.15) is 84.4 Å². The van der Waals surface area contributed by atoms with Crippen LogP contribution in [0.4, 0.5) is 10.5 Å². The number of aliphatic hydroxyl groups is 1. The zero-order valence-corrected chi connectivity index (χ0v) is 30.7. The third-order valence-corrected chi connectivity index (χ3v) is 8.28. The highest BCUT2D eigenvalue weighted by molar-refractivity contribution is 7.80. The van der Waals surface area contributed by atoms with Gasteiger partial charge in [-0.25, -0.2) is 13.7 Å². The van der Waals surface area contributed by atoms with Crippen LogP contribution in [0.25, 0.3) is 10.9 Å². The molecule has 4 rings (SSSR count). The fourth-order valence-corrected chi connectivity index (χ4v) is 5.95. The van der Waals surface area contributed by atoms with Crippen molar-refractivity contribution in [1.29, 1.82) is 0 Å². The highest BCUT2D eigenvalue weighted by atomic mass is 32.2. The van der Waals surface area contributed by atoms with E-state index in [1.54, 1.807) is 60.8 Å². The summed E-state index contributed by atoms with van der Waals surface area (Å²) in [6.07, 6.45) is 0.869. The summed E-state index contributed by atoms with van der Waals surface area (Å²) in [6.45, 7) is 10.9. The summed E-state index contributed by atoms with van der Waals surface area (Å²) in [6, 6.07) is 11.9. The van der Waals surface area contributed by atoms with Gasteiger partial charge in [0.15, 0.2) is 6.23 Å².